The van der Waals surface area contributed by atoms with E-state index in [-0.39, 0.29) is 5.97 Å². The third-order valence-electron chi connectivity index (χ3n) is 4.14. The molecule has 0 aliphatic heterocycles. The van der Waals surface area contributed by atoms with Crippen LogP contribution in [0.2, 0.25) is 0 Å². The van der Waals surface area contributed by atoms with Gasteiger partial charge in [0, 0.05) is 12.2 Å². The number of benzene rings is 2. The molecule has 144 valence electrons. The molecule has 27 heavy (non-hydrogen) atoms. The summed E-state index contributed by atoms with van der Waals surface area (Å²) in [4.78, 5) is 12.0. The summed E-state index contributed by atoms with van der Waals surface area (Å²) in [5.41, 5.74) is 3.39. The summed E-state index contributed by atoms with van der Waals surface area (Å²) < 4.78 is 10.3. The van der Waals surface area contributed by atoms with Gasteiger partial charge in [-0.3, -0.25) is 0 Å². The molecule has 2 aromatic rings. The molecule has 0 radical (unpaired) electrons. The van der Waals surface area contributed by atoms with Crippen molar-refractivity contribution in [1.82, 2.24) is 5.32 Å². The number of anilines is 1. The van der Waals surface area contributed by atoms with Gasteiger partial charge in [-0.1, -0.05) is 18.2 Å². The van der Waals surface area contributed by atoms with Crippen LogP contribution in [0.5, 0.6) is 5.75 Å². The standard InChI is InChI=1S/C21H26N2O3S/c1-4-26-20(24)18-11-6-12-19(15(18)2)23-21(27)22-13-7-9-16-8-5-10-17(14-16)25-3/h5-6,8,10-12,14H,4,7,9,13H2,1-3H3,(H2,22,23,27). The van der Waals surface area contributed by atoms with E-state index in [1.54, 1.807) is 20.1 Å². The molecule has 0 amide bonds. The van der Waals surface area contributed by atoms with Gasteiger partial charge in [-0.2, -0.15) is 0 Å². The van der Waals surface area contributed by atoms with Gasteiger partial charge in [0.25, 0.3) is 0 Å². The topological polar surface area (TPSA) is 59.6 Å². The molecule has 2 N–H and O–H groups in total. The lowest BCUT2D eigenvalue weighted by Crippen LogP contribution is -2.30. The highest BCUT2D eigenvalue weighted by molar-refractivity contribution is 7.80. The SMILES string of the molecule is CCOC(=O)c1cccc(NC(=S)NCCCc2cccc(OC)c2)c1C. The van der Waals surface area contributed by atoms with Crippen LogP contribution < -0.4 is 15.4 Å². The number of ether oxygens (including phenoxy) is 2. The van der Waals surface area contributed by atoms with Crippen molar-refractivity contribution in [3.63, 3.8) is 0 Å². The molecule has 0 atom stereocenters. The van der Waals surface area contributed by atoms with Crippen molar-refractivity contribution in [2.45, 2.75) is 26.7 Å². The van der Waals surface area contributed by atoms with Crippen LogP contribution in [0.15, 0.2) is 42.5 Å². The molecule has 0 spiro atoms. The first-order chi connectivity index (χ1) is 13.0. The summed E-state index contributed by atoms with van der Waals surface area (Å²) >= 11 is 5.37. The molecule has 0 fully saturated rings. The van der Waals surface area contributed by atoms with E-state index in [2.05, 4.69) is 16.7 Å². The smallest absolute Gasteiger partial charge is 0.338 e. The first-order valence-corrected chi connectivity index (χ1v) is 9.40. The normalized spacial score (nSPS) is 10.2. The van der Waals surface area contributed by atoms with Gasteiger partial charge >= 0.3 is 5.97 Å². The third-order valence-corrected chi connectivity index (χ3v) is 4.39. The largest absolute Gasteiger partial charge is 0.497 e. The Labute approximate surface area is 166 Å². The minimum absolute atomic E-state index is 0.323. The number of carbonyl (C=O) groups excluding carboxylic acids is 1. The van der Waals surface area contributed by atoms with Gasteiger partial charge in [0.1, 0.15) is 5.75 Å². The Morgan fingerprint density at radius 2 is 1.96 bits per heavy atom. The van der Waals surface area contributed by atoms with E-state index in [1.807, 2.05) is 37.3 Å². The number of carbonyl (C=O) groups is 1. The first kappa shape index (κ1) is 20.7. The monoisotopic (exact) mass is 386 g/mol. The number of esters is 1. The number of rotatable bonds is 8. The van der Waals surface area contributed by atoms with Crippen molar-refractivity contribution < 1.29 is 14.3 Å². The Morgan fingerprint density at radius 3 is 2.70 bits per heavy atom. The molecule has 5 nitrogen and oxygen atoms in total. The highest BCUT2D eigenvalue weighted by Gasteiger charge is 2.13. The molecule has 0 aliphatic rings. The Morgan fingerprint density at radius 1 is 1.19 bits per heavy atom. The summed E-state index contributed by atoms with van der Waals surface area (Å²) in [5, 5.41) is 6.89. The molecule has 2 aromatic carbocycles. The molecule has 0 aliphatic carbocycles. The van der Waals surface area contributed by atoms with Gasteiger partial charge in [-0.25, -0.2) is 4.79 Å². The van der Waals surface area contributed by atoms with Crippen molar-refractivity contribution in [1.29, 1.82) is 0 Å². The van der Waals surface area contributed by atoms with Crippen LogP contribution in [-0.4, -0.2) is 31.3 Å². The van der Waals surface area contributed by atoms with E-state index < -0.39 is 0 Å². The predicted octanol–water partition coefficient (Wildman–Crippen LogP) is 4.10. The lowest BCUT2D eigenvalue weighted by Gasteiger charge is -2.14. The number of hydrogen-bond acceptors (Lipinski definition) is 4. The molecule has 0 saturated carbocycles. The van der Waals surface area contributed by atoms with Crippen molar-refractivity contribution in [3.05, 3.63) is 59.2 Å². The average molecular weight is 387 g/mol. The van der Waals surface area contributed by atoms with Crippen LogP contribution in [0.1, 0.15) is 34.8 Å². The minimum Gasteiger partial charge on any atom is -0.497 e. The first-order valence-electron chi connectivity index (χ1n) is 8.99. The lowest BCUT2D eigenvalue weighted by atomic mass is 10.1. The van der Waals surface area contributed by atoms with Crippen LogP contribution in [0.25, 0.3) is 0 Å². The molecule has 0 aromatic heterocycles. The van der Waals surface area contributed by atoms with Crippen molar-refractivity contribution in [2.75, 3.05) is 25.6 Å². The second-order valence-corrected chi connectivity index (χ2v) is 6.44. The molecule has 6 heteroatoms. The fraction of sp³-hybridized carbons (Fsp3) is 0.333. The highest BCUT2D eigenvalue weighted by atomic mass is 32.1. The van der Waals surface area contributed by atoms with E-state index in [1.165, 1.54) is 5.56 Å². The minimum atomic E-state index is -0.323. The van der Waals surface area contributed by atoms with Crippen LogP contribution in [0.3, 0.4) is 0 Å². The van der Waals surface area contributed by atoms with Crippen LogP contribution in [0, 0.1) is 6.92 Å². The van der Waals surface area contributed by atoms with Gasteiger partial charge in [-0.15, -0.1) is 0 Å². The van der Waals surface area contributed by atoms with Crippen LogP contribution >= 0.6 is 12.2 Å². The van der Waals surface area contributed by atoms with E-state index >= 15 is 0 Å². The molecule has 0 saturated heterocycles. The zero-order valence-corrected chi connectivity index (χ0v) is 16.8. The quantitative estimate of drug-likeness (QED) is 0.405. The zero-order valence-electron chi connectivity index (χ0n) is 16.0. The molecule has 0 unspecified atom stereocenters. The fourth-order valence-electron chi connectivity index (χ4n) is 2.69. The van der Waals surface area contributed by atoms with Gasteiger partial charge in [0.2, 0.25) is 0 Å². The summed E-state index contributed by atoms with van der Waals surface area (Å²) in [6.45, 7) is 4.77. The lowest BCUT2D eigenvalue weighted by molar-refractivity contribution is 0.0525. The summed E-state index contributed by atoms with van der Waals surface area (Å²) in [6.07, 6.45) is 1.88. The second-order valence-electron chi connectivity index (χ2n) is 6.03. The predicted molar refractivity (Wildman–Crippen MR) is 113 cm³/mol. The van der Waals surface area contributed by atoms with Gasteiger partial charge < -0.3 is 20.1 Å². The maximum atomic E-state index is 12.0. The van der Waals surface area contributed by atoms with E-state index in [0.29, 0.717) is 17.3 Å². The Bertz CT molecular complexity index is 793. The number of aryl methyl sites for hydroxylation is 1. The Kier molecular flexibility index (Phi) is 8.07. The van der Waals surface area contributed by atoms with E-state index in [4.69, 9.17) is 21.7 Å². The van der Waals surface area contributed by atoms with Crippen LogP contribution in [-0.2, 0) is 11.2 Å². The van der Waals surface area contributed by atoms with E-state index in [0.717, 1.165) is 36.4 Å². The van der Waals surface area contributed by atoms with Gasteiger partial charge in [0.05, 0.1) is 19.3 Å². The second kappa shape index (κ2) is 10.5. The molecular formula is C21H26N2O3S. The molecule has 0 bridgehead atoms. The van der Waals surface area contributed by atoms with Gasteiger partial charge in [0.15, 0.2) is 5.11 Å². The Hall–Kier alpha value is -2.60. The summed E-state index contributed by atoms with van der Waals surface area (Å²) in [6, 6.07) is 13.5. The molecule has 0 heterocycles. The maximum absolute atomic E-state index is 12.0. The molecular weight excluding hydrogens is 360 g/mol. The van der Waals surface area contributed by atoms with Crippen LogP contribution in [0.4, 0.5) is 5.69 Å². The average Bonchev–Trinajstić information content (AvgIpc) is 2.67. The summed E-state index contributed by atoms with van der Waals surface area (Å²) in [5.74, 6) is 0.547. The number of hydrogen-bond donors (Lipinski definition) is 2. The summed E-state index contributed by atoms with van der Waals surface area (Å²) in [7, 11) is 1.67. The zero-order chi connectivity index (χ0) is 19.6. The highest BCUT2D eigenvalue weighted by Crippen LogP contribution is 2.20. The van der Waals surface area contributed by atoms with Crippen molar-refractivity contribution >= 4 is 29.0 Å². The van der Waals surface area contributed by atoms with Crippen molar-refractivity contribution in [2.24, 2.45) is 0 Å². The third kappa shape index (κ3) is 6.25. The maximum Gasteiger partial charge on any atom is 0.338 e. The number of nitrogens with one attached hydrogen (secondary N) is 2. The van der Waals surface area contributed by atoms with Crippen molar-refractivity contribution in [3.8, 4) is 5.75 Å². The number of thiocarbonyl (C=S) groups is 1. The van der Waals surface area contributed by atoms with E-state index in [9.17, 15) is 4.79 Å². The Balaban J connectivity index is 1.83. The fourth-order valence-corrected chi connectivity index (χ4v) is 2.90. The number of methoxy groups -OCH3 is 1. The van der Waals surface area contributed by atoms with Gasteiger partial charge in [-0.05, 0) is 74.3 Å². The molecule has 2 rings (SSSR count).